The van der Waals surface area contributed by atoms with Gasteiger partial charge in [-0.05, 0) is 17.7 Å². The predicted molar refractivity (Wildman–Crippen MR) is 68.0 cm³/mol. The van der Waals surface area contributed by atoms with Gasteiger partial charge in [-0.1, -0.05) is 12.2 Å². The van der Waals surface area contributed by atoms with Crippen molar-refractivity contribution in [2.75, 3.05) is 14.2 Å². The van der Waals surface area contributed by atoms with Crippen molar-refractivity contribution in [1.82, 2.24) is 9.97 Å². The van der Waals surface area contributed by atoms with Crippen molar-refractivity contribution in [2.45, 2.75) is 0 Å². The van der Waals surface area contributed by atoms with Crippen LogP contribution in [0.3, 0.4) is 0 Å². The van der Waals surface area contributed by atoms with Crippen molar-refractivity contribution >= 4 is 12.2 Å². The average Bonchev–Trinajstić information content (AvgIpc) is 2.38. The van der Waals surface area contributed by atoms with Crippen LogP contribution >= 0.6 is 12.2 Å². The van der Waals surface area contributed by atoms with Crippen LogP contribution in [0.2, 0.25) is 0 Å². The molecule has 88 valence electrons. The van der Waals surface area contributed by atoms with E-state index >= 15 is 0 Å². The lowest BCUT2D eigenvalue weighted by atomic mass is 10.1. The maximum atomic E-state index is 5.22. The second-order valence-electron chi connectivity index (χ2n) is 3.40. The van der Waals surface area contributed by atoms with E-state index in [4.69, 9.17) is 21.7 Å². The molecule has 2 rings (SSSR count). The molecule has 0 saturated heterocycles. The average molecular weight is 248 g/mol. The third-order valence-corrected chi connectivity index (χ3v) is 2.72. The first-order valence-corrected chi connectivity index (χ1v) is 5.41. The Bertz CT molecular complexity index is 558. The molecule has 1 aromatic carbocycles. The van der Waals surface area contributed by atoms with Gasteiger partial charge in [-0.2, -0.15) is 0 Å². The zero-order valence-electron chi connectivity index (χ0n) is 9.56. The summed E-state index contributed by atoms with van der Waals surface area (Å²) in [5.74, 6) is 1.44. The number of H-pyrrole nitrogens is 1. The molecule has 0 aliphatic heterocycles. The lowest BCUT2D eigenvalue weighted by Crippen LogP contribution is -1.90. The van der Waals surface area contributed by atoms with E-state index in [1.165, 1.54) is 0 Å². The van der Waals surface area contributed by atoms with Gasteiger partial charge in [-0.3, -0.25) is 0 Å². The monoisotopic (exact) mass is 248 g/mol. The number of aromatic nitrogens is 2. The van der Waals surface area contributed by atoms with E-state index in [1.54, 1.807) is 26.7 Å². The highest BCUT2D eigenvalue weighted by Gasteiger charge is 2.05. The number of rotatable bonds is 3. The second-order valence-corrected chi connectivity index (χ2v) is 3.80. The van der Waals surface area contributed by atoms with Crippen LogP contribution in [0.1, 0.15) is 0 Å². The molecule has 0 radical (unpaired) electrons. The van der Waals surface area contributed by atoms with E-state index < -0.39 is 0 Å². The lowest BCUT2D eigenvalue weighted by molar-refractivity contribution is 0.394. The third kappa shape index (κ3) is 2.45. The second kappa shape index (κ2) is 4.97. The number of hydrogen-bond donors (Lipinski definition) is 1. The van der Waals surface area contributed by atoms with Gasteiger partial charge in [0.1, 0.15) is 16.1 Å². The van der Waals surface area contributed by atoms with Gasteiger partial charge in [-0.15, -0.1) is 0 Å². The maximum absolute atomic E-state index is 5.22. The van der Waals surface area contributed by atoms with E-state index in [2.05, 4.69) is 9.97 Å². The largest absolute Gasteiger partial charge is 0.497 e. The van der Waals surface area contributed by atoms with Crippen molar-refractivity contribution in [3.63, 3.8) is 0 Å². The van der Waals surface area contributed by atoms with Gasteiger partial charge in [-0.25, -0.2) is 4.98 Å². The normalized spacial score (nSPS) is 10.0. The van der Waals surface area contributed by atoms with Crippen molar-refractivity contribution in [3.8, 4) is 22.6 Å². The van der Waals surface area contributed by atoms with E-state index in [1.807, 2.05) is 18.2 Å². The third-order valence-electron chi connectivity index (χ3n) is 2.38. The smallest absolute Gasteiger partial charge is 0.123 e. The van der Waals surface area contributed by atoms with E-state index in [0.717, 1.165) is 22.6 Å². The van der Waals surface area contributed by atoms with Gasteiger partial charge in [0.15, 0.2) is 0 Å². The SMILES string of the molecule is COc1cc(OC)cc(-c2cnc[nH]c2=S)c1. The highest BCUT2D eigenvalue weighted by Crippen LogP contribution is 2.29. The number of ether oxygens (including phenoxy) is 2. The Labute approximate surface area is 104 Å². The van der Waals surface area contributed by atoms with Crippen molar-refractivity contribution in [3.05, 3.63) is 35.4 Å². The molecular formula is C12H12N2O2S. The molecule has 0 bridgehead atoms. The molecule has 1 heterocycles. The van der Waals surface area contributed by atoms with Crippen LogP contribution in [-0.2, 0) is 0 Å². The quantitative estimate of drug-likeness (QED) is 0.848. The zero-order valence-corrected chi connectivity index (χ0v) is 10.4. The minimum atomic E-state index is 0.635. The van der Waals surface area contributed by atoms with Crippen molar-refractivity contribution in [2.24, 2.45) is 0 Å². The van der Waals surface area contributed by atoms with Crippen LogP contribution in [0, 0.1) is 4.64 Å². The molecule has 0 atom stereocenters. The number of nitrogens with zero attached hydrogens (tertiary/aromatic N) is 1. The first-order chi connectivity index (χ1) is 8.24. The minimum absolute atomic E-state index is 0.635. The molecule has 2 aromatic rings. The highest BCUT2D eigenvalue weighted by atomic mass is 32.1. The van der Waals surface area contributed by atoms with Crippen LogP contribution in [0.15, 0.2) is 30.7 Å². The van der Waals surface area contributed by atoms with Crippen LogP contribution in [0.25, 0.3) is 11.1 Å². The fraction of sp³-hybridized carbons (Fsp3) is 0.167. The Kier molecular flexibility index (Phi) is 3.39. The Balaban J connectivity index is 2.59. The number of hydrogen-bond acceptors (Lipinski definition) is 4. The van der Waals surface area contributed by atoms with Crippen molar-refractivity contribution < 1.29 is 9.47 Å². The first-order valence-electron chi connectivity index (χ1n) is 5.00. The summed E-state index contributed by atoms with van der Waals surface area (Å²) in [6.07, 6.45) is 3.27. The Morgan fingerprint density at radius 3 is 2.29 bits per heavy atom. The Morgan fingerprint density at radius 2 is 1.76 bits per heavy atom. The molecule has 0 saturated carbocycles. The maximum Gasteiger partial charge on any atom is 0.123 e. The van der Waals surface area contributed by atoms with Gasteiger partial charge >= 0.3 is 0 Å². The summed E-state index contributed by atoms with van der Waals surface area (Å²) in [6, 6.07) is 5.60. The summed E-state index contributed by atoms with van der Waals surface area (Å²) >= 11 is 5.22. The molecule has 0 aliphatic carbocycles. The molecule has 0 unspecified atom stereocenters. The minimum Gasteiger partial charge on any atom is -0.497 e. The predicted octanol–water partition coefficient (Wildman–Crippen LogP) is 2.82. The molecule has 0 spiro atoms. The van der Waals surface area contributed by atoms with E-state index in [9.17, 15) is 0 Å². The molecule has 17 heavy (non-hydrogen) atoms. The van der Waals surface area contributed by atoms with E-state index in [0.29, 0.717) is 4.64 Å². The number of methoxy groups -OCH3 is 2. The zero-order chi connectivity index (χ0) is 12.3. The fourth-order valence-electron chi connectivity index (χ4n) is 1.51. The molecule has 0 fully saturated rings. The van der Waals surface area contributed by atoms with Gasteiger partial charge in [0.05, 0.1) is 20.5 Å². The number of nitrogens with one attached hydrogen (secondary N) is 1. The van der Waals surface area contributed by atoms with Gasteiger partial charge in [0.25, 0.3) is 0 Å². The van der Waals surface area contributed by atoms with Gasteiger partial charge < -0.3 is 14.5 Å². The summed E-state index contributed by atoms with van der Waals surface area (Å²) in [5, 5.41) is 0. The Morgan fingerprint density at radius 1 is 1.12 bits per heavy atom. The van der Waals surface area contributed by atoms with Crippen molar-refractivity contribution in [1.29, 1.82) is 0 Å². The van der Waals surface area contributed by atoms with Crippen LogP contribution < -0.4 is 9.47 Å². The molecule has 4 nitrogen and oxygen atoms in total. The van der Waals surface area contributed by atoms with Crippen LogP contribution in [0.5, 0.6) is 11.5 Å². The molecule has 1 N–H and O–H groups in total. The molecule has 5 heteroatoms. The summed E-state index contributed by atoms with van der Waals surface area (Å²) in [5.41, 5.74) is 1.76. The molecule has 0 amide bonds. The summed E-state index contributed by atoms with van der Waals surface area (Å²) in [4.78, 5) is 6.92. The van der Waals surface area contributed by atoms with Gasteiger partial charge in [0, 0.05) is 17.8 Å². The summed E-state index contributed by atoms with van der Waals surface area (Å²) in [7, 11) is 3.23. The summed E-state index contributed by atoms with van der Waals surface area (Å²) < 4.78 is 11.1. The number of benzene rings is 1. The van der Waals surface area contributed by atoms with Crippen LogP contribution in [-0.4, -0.2) is 24.2 Å². The van der Waals surface area contributed by atoms with Crippen LogP contribution in [0.4, 0.5) is 0 Å². The summed E-state index contributed by atoms with van der Waals surface area (Å²) in [6.45, 7) is 0. The number of aromatic amines is 1. The van der Waals surface area contributed by atoms with E-state index in [-0.39, 0.29) is 0 Å². The molecular weight excluding hydrogens is 236 g/mol. The Hall–Kier alpha value is -1.88. The lowest BCUT2D eigenvalue weighted by Gasteiger charge is -2.08. The molecule has 1 aromatic heterocycles. The first kappa shape index (κ1) is 11.6. The topological polar surface area (TPSA) is 47.1 Å². The standard InChI is InChI=1S/C12H12N2O2S/c1-15-9-3-8(4-10(5-9)16-2)11-6-13-7-14-12(11)17/h3-7H,1-2H3,(H,13,14,17). The molecule has 0 aliphatic rings. The fourth-order valence-corrected chi connectivity index (χ4v) is 1.74. The van der Waals surface area contributed by atoms with Gasteiger partial charge in [0.2, 0.25) is 0 Å². The highest BCUT2D eigenvalue weighted by molar-refractivity contribution is 7.71.